The molecule has 1 fully saturated rings. The zero-order valence-corrected chi connectivity index (χ0v) is 18.4. The molecule has 1 saturated heterocycles. The van der Waals surface area contributed by atoms with Crippen LogP contribution >= 0.6 is 23.5 Å². The second kappa shape index (κ2) is 9.38. The Bertz CT molecular complexity index is 1150. The van der Waals surface area contributed by atoms with Crippen LogP contribution in [0, 0.1) is 6.92 Å². The summed E-state index contributed by atoms with van der Waals surface area (Å²) in [5, 5.41) is 2.06. The molecule has 0 amide bonds. The van der Waals surface area contributed by atoms with Gasteiger partial charge < -0.3 is 9.47 Å². The van der Waals surface area contributed by atoms with Crippen molar-refractivity contribution in [1.82, 2.24) is 14.5 Å². The highest BCUT2D eigenvalue weighted by atomic mass is 32.2. The van der Waals surface area contributed by atoms with Crippen LogP contribution in [0.5, 0.6) is 0 Å². The average Bonchev–Trinajstić information content (AvgIpc) is 3.13. The number of fused-ring (bicyclic) bond motifs is 1. The van der Waals surface area contributed by atoms with Crippen molar-refractivity contribution in [2.24, 2.45) is 0 Å². The SMILES string of the molecule is CSCOC[C@H]1O[C@@H](n2cc(C)c(=O)[nH]c2=O)C[C@@H]1Sc1ccc2ccccc2n1. The number of ether oxygens (including phenoxy) is 2. The molecule has 0 unspecified atom stereocenters. The molecule has 0 bridgehead atoms. The first-order valence-corrected chi connectivity index (χ1v) is 11.9. The van der Waals surface area contributed by atoms with Gasteiger partial charge in [0.1, 0.15) is 6.23 Å². The molecular weight excluding hydrogens is 422 g/mol. The summed E-state index contributed by atoms with van der Waals surface area (Å²) in [6.07, 6.45) is 3.49. The van der Waals surface area contributed by atoms with Gasteiger partial charge in [-0.05, 0) is 25.3 Å². The van der Waals surface area contributed by atoms with E-state index in [-0.39, 0.29) is 16.9 Å². The number of hydrogen-bond acceptors (Lipinski definition) is 7. The van der Waals surface area contributed by atoms with Crippen LogP contribution in [0.15, 0.2) is 57.2 Å². The van der Waals surface area contributed by atoms with Crippen LogP contribution in [-0.2, 0) is 9.47 Å². The Morgan fingerprint density at radius 1 is 1.27 bits per heavy atom. The van der Waals surface area contributed by atoms with E-state index in [0.717, 1.165) is 15.9 Å². The summed E-state index contributed by atoms with van der Waals surface area (Å²) >= 11 is 3.24. The molecule has 9 heteroatoms. The van der Waals surface area contributed by atoms with Crippen molar-refractivity contribution in [2.45, 2.75) is 36.0 Å². The molecule has 3 atom stereocenters. The molecule has 0 aliphatic carbocycles. The summed E-state index contributed by atoms with van der Waals surface area (Å²) in [6.45, 7) is 2.10. The highest BCUT2D eigenvalue weighted by Crippen LogP contribution is 2.39. The minimum absolute atomic E-state index is 0.0599. The fraction of sp³-hybridized carbons (Fsp3) is 0.381. The molecular formula is C21H23N3O4S2. The van der Waals surface area contributed by atoms with E-state index in [9.17, 15) is 9.59 Å². The molecule has 2 aromatic heterocycles. The molecule has 3 aromatic rings. The highest BCUT2D eigenvalue weighted by Gasteiger charge is 2.38. The van der Waals surface area contributed by atoms with E-state index in [1.54, 1.807) is 36.6 Å². The summed E-state index contributed by atoms with van der Waals surface area (Å²) in [5.74, 6) is 0.577. The first kappa shape index (κ1) is 21.2. The first-order valence-electron chi connectivity index (χ1n) is 9.62. The third-order valence-corrected chi connectivity index (χ3v) is 6.63. The second-order valence-corrected chi connectivity index (χ2v) is 9.19. The number of thioether (sulfide) groups is 2. The molecule has 0 radical (unpaired) electrons. The van der Waals surface area contributed by atoms with Crippen LogP contribution in [0.1, 0.15) is 18.2 Å². The minimum Gasteiger partial charge on any atom is -0.368 e. The quantitative estimate of drug-likeness (QED) is 0.441. The normalized spacial score (nSPS) is 21.3. The van der Waals surface area contributed by atoms with Crippen LogP contribution in [0.4, 0.5) is 0 Å². The number of aryl methyl sites for hydroxylation is 1. The van der Waals surface area contributed by atoms with Crippen LogP contribution in [0.25, 0.3) is 10.9 Å². The van der Waals surface area contributed by atoms with E-state index < -0.39 is 11.9 Å². The molecule has 1 aliphatic rings. The van der Waals surface area contributed by atoms with Gasteiger partial charge in [0.15, 0.2) is 0 Å². The van der Waals surface area contributed by atoms with Gasteiger partial charge in [0, 0.05) is 28.8 Å². The maximum atomic E-state index is 12.3. The zero-order valence-electron chi connectivity index (χ0n) is 16.7. The second-order valence-electron chi connectivity index (χ2n) is 7.12. The van der Waals surface area contributed by atoms with Gasteiger partial charge in [-0.3, -0.25) is 14.3 Å². The van der Waals surface area contributed by atoms with E-state index in [1.165, 1.54) is 4.57 Å². The molecule has 0 spiro atoms. The molecule has 30 heavy (non-hydrogen) atoms. The zero-order chi connectivity index (χ0) is 21.1. The fourth-order valence-electron chi connectivity index (χ4n) is 3.46. The van der Waals surface area contributed by atoms with Crippen molar-refractivity contribution in [3.63, 3.8) is 0 Å². The standard InChI is InChI=1S/C21H23N3O4S2/c1-13-10-24(21(26)23-20(13)25)19-9-17(16(28-19)11-27-12-29-2)30-18-8-7-14-5-3-4-6-15(14)22-18/h3-8,10,16-17,19H,9,11-12H2,1-2H3,(H,23,25,26)/t16-,17+,19-/m1/s1. The largest absolute Gasteiger partial charge is 0.368 e. The number of para-hydroxylation sites is 1. The Balaban J connectivity index is 1.58. The van der Waals surface area contributed by atoms with Crippen LogP contribution in [-0.4, -0.2) is 44.7 Å². The minimum atomic E-state index is -0.464. The fourth-order valence-corrected chi connectivity index (χ4v) is 4.89. The summed E-state index contributed by atoms with van der Waals surface area (Å²) in [4.78, 5) is 31.2. The number of H-pyrrole nitrogens is 1. The number of rotatable bonds is 7. The van der Waals surface area contributed by atoms with Crippen molar-refractivity contribution < 1.29 is 9.47 Å². The van der Waals surface area contributed by atoms with Crippen molar-refractivity contribution >= 4 is 34.4 Å². The molecule has 0 saturated carbocycles. The van der Waals surface area contributed by atoms with Crippen LogP contribution < -0.4 is 11.2 Å². The summed E-state index contributed by atoms with van der Waals surface area (Å²) < 4.78 is 13.4. The van der Waals surface area contributed by atoms with Gasteiger partial charge in [-0.2, -0.15) is 0 Å². The Kier molecular flexibility index (Phi) is 6.62. The third-order valence-electron chi connectivity index (χ3n) is 4.96. The number of pyridine rings is 1. The van der Waals surface area contributed by atoms with Gasteiger partial charge in [-0.1, -0.05) is 24.3 Å². The van der Waals surface area contributed by atoms with E-state index >= 15 is 0 Å². The number of nitrogens with one attached hydrogen (secondary N) is 1. The van der Waals surface area contributed by atoms with Crippen LogP contribution in [0.3, 0.4) is 0 Å². The highest BCUT2D eigenvalue weighted by molar-refractivity contribution is 8.00. The van der Waals surface area contributed by atoms with Gasteiger partial charge in [0.05, 0.1) is 29.2 Å². The number of nitrogens with zero attached hydrogens (tertiary/aromatic N) is 2. The first-order chi connectivity index (χ1) is 14.5. The van der Waals surface area contributed by atoms with Crippen molar-refractivity contribution in [3.8, 4) is 0 Å². The Morgan fingerprint density at radius 3 is 2.93 bits per heavy atom. The maximum Gasteiger partial charge on any atom is 0.330 e. The van der Waals surface area contributed by atoms with Gasteiger partial charge in [0.2, 0.25) is 0 Å². The number of benzene rings is 1. The molecule has 3 heterocycles. The topological polar surface area (TPSA) is 86.2 Å². The van der Waals surface area contributed by atoms with E-state index in [2.05, 4.69) is 11.1 Å². The predicted molar refractivity (Wildman–Crippen MR) is 120 cm³/mol. The Morgan fingerprint density at radius 2 is 2.10 bits per heavy atom. The Labute approximate surface area is 182 Å². The molecule has 1 aromatic carbocycles. The molecule has 1 aliphatic heterocycles. The lowest BCUT2D eigenvalue weighted by molar-refractivity contribution is -0.0348. The lowest BCUT2D eigenvalue weighted by Gasteiger charge is -2.18. The maximum absolute atomic E-state index is 12.3. The van der Waals surface area contributed by atoms with E-state index in [0.29, 0.717) is 24.5 Å². The van der Waals surface area contributed by atoms with Crippen molar-refractivity contribution in [3.05, 3.63) is 69.0 Å². The van der Waals surface area contributed by atoms with Crippen molar-refractivity contribution in [2.75, 3.05) is 18.8 Å². The number of aromatic nitrogens is 3. The number of aromatic amines is 1. The van der Waals surface area contributed by atoms with Gasteiger partial charge in [0.25, 0.3) is 5.56 Å². The summed E-state index contributed by atoms with van der Waals surface area (Å²) in [6, 6.07) is 12.1. The summed E-state index contributed by atoms with van der Waals surface area (Å²) in [5.41, 5.74) is 0.579. The summed E-state index contributed by atoms with van der Waals surface area (Å²) in [7, 11) is 0. The van der Waals surface area contributed by atoms with E-state index in [1.807, 2.05) is 36.6 Å². The monoisotopic (exact) mass is 445 g/mol. The van der Waals surface area contributed by atoms with Gasteiger partial charge in [-0.15, -0.1) is 23.5 Å². The molecule has 7 nitrogen and oxygen atoms in total. The van der Waals surface area contributed by atoms with E-state index in [4.69, 9.17) is 14.5 Å². The van der Waals surface area contributed by atoms with Gasteiger partial charge in [-0.25, -0.2) is 9.78 Å². The lowest BCUT2D eigenvalue weighted by Crippen LogP contribution is -2.33. The molecule has 4 rings (SSSR count). The lowest BCUT2D eigenvalue weighted by atomic mass is 10.2. The number of hydrogen-bond donors (Lipinski definition) is 1. The Hall–Kier alpha value is -2.07. The predicted octanol–water partition coefficient (Wildman–Crippen LogP) is 3.18. The van der Waals surface area contributed by atoms with Gasteiger partial charge >= 0.3 is 5.69 Å². The molecule has 158 valence electrons. The third kappa shape index (κ3) is 4.64. The average molecular weight is 446 g/mol. The van der Waals surface area contributed by atoms with Crippen molar-refractivity contribution in [1.29, 1.82) is 0 Å². The molecule has 1 N–H and O–H groups in total. The van der Waals surface area contributed by atoms with Crippen LogP contribution in [0.2, 0.25) is 0 Å². The smallest absolute Gasteiger partial charge is 0.330 e.